The molecule has 1 heterocycles. The van der Waals surface area contributed by atoms with E-state index in [0.717, 1.165) is 12.1 Å². The number of rotatable bonds is 2. The van der Waals surface area contributed by atoms with Gasteiger partial charge in [-0.3, -0.25) is 4.79 Å². The Labute approximate surface area is 119 Å². The number of aliphatic hydroxyl groups is 1. The number of benzene rings is 2. The highest BCUT2D eigenvalue weighted by molar-refractivity contribution is 6.07. The van der Waals surface area contributed by atoms with E-state index in [4.69, 9.17) is 4.74 Å². The second-order valence-electron chi connectivity index (χ2n) is 4.68. The standard InChI is InChI=1S/C15H11F2NO3/c1-21-13-7-12-9(6-11(13)17)15(20,14(19)18-12)8-4-2-3-5-10(8)16/h2-7,20H,1H3,(H,18,19). The first kappa shape index (κ1) is 13.5. The van der Waals surface area contributed by atoms with Gasteiger partial charge in [0.25, 0.3) is 5.91 Å². The van der Waals surface area contributed by atoms with Crippen LogP contribution in [0.5, 0.6) is 5.75 Å². The Morgan fingerprint density at radius 1 is 1.14 bits per heavy atom. The summed E-state index contributed by atoms with van der Waals surface area (Å²) in [4.78, 5) is 12.1. The van der Waals surface area contributed by atoms with Gasteiger partial charge in [0, 0.05) is 17.2 Å². The van der Waals surface area contributed by atoms with Crippen molar-refractivity contribution < 1.29 is 23.4 Å². The number of methoxy groups -OCH3 is 1. The van der Waals surface area contributed by atoms with Gasteiger partial charge < -0.3 is 15.2 Å². The zero-order valence-corrected chi connectivity index (χ0v) is 11.0. The van der Waals surface area contributed by atoms with Gasteiger partial charge in [0.05, 0.1) is 12.8 Å². The van der Waals surface area contributed by atoms with Crippen LogP contribution in [0.15, 0.2) is 36.4 Å². The van der Waals surface area contributed by atoms with Crippen LogP contribution in [0, 0.1) is 11.6 Å². The Morgan fingerprint density at radius 2 is 1.86 bits per heavy atom. The van der Waals surface area contributed by atoms with Gasteiger partial charge in [-0.1, -0.05) is 18.2 Å². The zero-order chi connectivity index (χ0) is 15.2. The van der Waals surface area contributed by atoms with Crippen LogP contribution in [-0.2, 0) is 10.4 Å². The molecule has 1 amide bonds. The molecule has 2 N–H and O–H groups in total. The maximum absolute atomic E-state index is 13.9. The second-order valence-corrected chi connectivity index (χ2v) is 4.68. The fourth-order valence-electron chi connectivity index (χ4n) is 2.47. The van der Waals surface area contributed by atoms with Crippen molar-refractivity contribution in [3.8, 4) is 5.75 Å². The lowest BCUT2D eigenvalue weighted by Crippen LogP contribution is -2.36. The SMILES string of the molecule is COc1cc2c(cc1F)C(O)(c1ccccc1F)C(=O)N2. The van der Waals surface area contributed by atoms with Crippen LogP contribution in [0.25, 0.3) is 0 Å². The first-order chi connectivity index (χ1) is 9.98. The van der Waals surface area contributed by atoms with Gasteiger partial charge in [-0.25, -0.2) is 8.78 Å². The molecular formula is C15H11F2NO3. The van der Waals surface area contributed by atoms with Crippen molar-refractivity contribution in [3.63, 3.8) is 0 Å². The Kier molecular flexibility index (Phi) is 2.91. The monoisotopic (exact) mass is 291 g/mol. The largest absolute Gasteiger partial charge is 0.494 e. The number of anilines is 1. The Balaban J connectivity index is 2.26. The summed E-state index contributed by atoms with van der Waals surface area (Å²) in [5, 5.41) is 13.1. The summed E-state index contributed by atoms with van der Waals surface area (Å²) in [6.07, 6.45) is 0. The number of carbonyl (C=O) groups is 1. The molecule has 3 rings (SSSR count). The lowest BCUT2D eigenvalue weighted by molar-refractivity contribution is -0.129. The highest BCUT2D eigenvalue weighted by Crippen LogP contribution is 2.43. The Hall–Kier alpha value is -2.47. The number of nitrogens with one attached hydrogen (secondary N) is 1. The molecule has 21 heavy (non-hydrogen) atoms. The Bertz CT molecular complexity index is 748. The van der Waals surface area contributed by atoms with Crippen LogP contribution in [0.4, 0.5) is 14.5 Å². The molecule has 0 bridgehead atoms. The first-order valence-corrected chi connectivity index (χ1v) is 6.15. The van der Waals surface area contributed by atoms with Crippen LogP contribution >= 0.6 is 0 Å². The van der Waals surface area contributed by atoms with Gasteiger partial charge in [0.1, 0.15) is 5.82 Å². The quantitative estimate of drug-likeness (QED) is 0.891. The normalized spacial score (nSPS) is 20.1. The van der Waals surface area contributed by atoms with Gasteiger partial charge in [-0.05, 0) is 12.1 Å². The van der Waals surface area contributed by atoms with Crippen LogP contribution in [0.2, 0.25) is 0 Å². The maximum atomic E-state index is 13.9. The van der Waals surface area contributed by atoms with Gasteiger partial charge in [0.15, 0.2) is 17.2 Å². The lowest BCUT2D eigenvalue weighted by atomic mass is 9.87. The number of fused-ring (bicyclic) bond motifs is 1. The molecule has 0 aromatic heterocycles. The van der Waals surface area contributed by atoms with Crippen LogP contribution in [0.3, 0.4) is 0 Å². The number of ether oxygens (including phenoxy) is 1. The topological polar surface area (TPSA) is 58.6 Å². The number of halogens is 2. The third-order valence-corrected chi connectivity index (χ3v) is 3.52. The molecule has 0 saturated carbocycles. The predicted octanol–water partition coefficient (Wildman–Crippen LogP) is 2.16. The average molecular weight is 291 g/mol. The van der Waals surface area contributed by atoms with Crippen molar-refractivity contribution in [2.45, 2.75) is 5.60 Å². The molecular weight excluding hydrogens is 280 g/mol. The summed E-state index contributed by atoms with van der Waals surface area (Å²) < 4.78 is 32.6. The van der Waals surface area contributed by atoms with Gasteiger partial charge in [0.2, 0.25) is 0 Å². The first-order valence-electron chi connectivity index (χ1n) is 6.15. The van der Waals surface area contributed by atoms with E-state index in [1.807, 2.05) is 0 Å². The molecule has 1 unspecified atom stereocenters. The van der Waals surface area contributed by atoms with E-state index in [-0.39, 0.29) is 22.6 Å². The summed E-state index contributed by atoms with van der Waals surface area (Å²) in [5.41, 5.74) is -2.36. The highest BCUT2D eigenvalue weighted by atomic mass is 19.1. The van der Waals surface area contributed by atoms with Gasteiger partial charge in [-0.2, -0.15) is 0 Å². The van der Waals surface area contributed by atoms with Crippen molar-refractivity contribution in [2.75, 3.05) is 12.4 Å². The minimum Gasteiger partial charge on any atom is -0.494 e. The smallest absolute Gasteiger partial charge is 0.265 e. The third-order valence-electron chi connectivity index (χ3n) is 3.52. The van der Waals surface area contributed by atoms with Crippen molar-refractivity contribution in [1.82, 2.24) is 0 Å². The maximum Gasteiger partial charge on any atom is 0.265 e. The molecule has 0 spiro atoms. The van der Waals surface area contributed by atoms with Crippen molar-refractivity contribution in [2.24, 2.45) is 0 Å². The molecule has 6 heteroatoms. The summed E-state index contributed by atoms with van der Waals surface area (Å²) in [6, 6.07) is 7.55. The number of hydrogen-bond acceptors (Lipinski definition) is 3. The number of carbonyl (C=O) groups excluding carboxylic acids is 1. The molecule has 0 saturated heterocycles. The van der Waals surface area contributed by atoms with Gasteiger partial charge in [-0.15, -0.1) is 0 Å². The van der Waals surface area contributed by atoms with Crippen LogP contribution in [-0.4, -0.2) is 18.1 Å². The minimum atomic E-state index is -2.27. The third kappa shape index (κ3) is 1.80. The minimum absolute atomic E-state index is 0.0455. The zero-order valence-electron chi connectivity index (χ0n) is 11.0. The van der Waals surface area contributed by atoms with Crippen molar-refractivity contribution >= 4 is 11.6 Å². The van der Waals surface area contributed by atoms with Gasteiger partial charge >= 0.3 is 0 Å². The Morgan fingerprint density at radius 3 is 2.52 bits per heavy atom. The van der Waals surface area contributed by atoms with E-state index in [2.05, 4.69) is 5.32 Å². The molecule has 1 atom stereocenters. The molecule has 108 valence electrons. The van der Waals surface area contributed by atoms with Crippen LogP contribution < -0.4 is 10.1 Å². The number of hydrogen-bond donors (Lipinski definition) is 2. The highest BCUT2D eigenvalue weighted by Gasteiger charge is 2.49. The molecule has 1 aliphatic rings. The molecule has 1 aliphatic heterocycles. The van der Waals surface area contributed by atoms with E-state index in [0.29, 0.717) is 0 Å². The average Bonchev–Trinajstić information content (AvgIpc) is 2.71. The lowest BCUT2D eigenvalue weighted by Gasteiger charge is -2.22. The van der Waals surface area contributed by atoms with E-state index >= 15 is 0 Å². The fraction of sp³-hybridized carbons (Fsp3) is 0.133. The summed E-state index contributed by atoms with van der Waals surface area (Å²) in [7, 11) is 1.28. The van der Waals surface area contributed by atoms with E-state index < -0.39 is 23.1 Å². The molecule has 0 fully saturated rings. The van der Waals surface area contributed by atoms with E-state index in [9.17, 15) is 18.7 Å². The molecule has 2 aromatic rings. The predicted molar refractivity (Wildman–Crippen MR) is 71.0 cm³/mol. The molecule has 0 radical (unpaired) electrons. The second kappa shape index (κ2) is 4.53. The van der Waals surface area contributed by atoms with Crippen molar-refractivity contribution in [3.05, 3.63) is 59.2 Å². The molecule has 2 aromatic carbocycles. The molecule has 0 aliphatic carbocycles. The summed E-state index contributed by atoms with van der Waals surface area (Å²) >= 11 is 0. The fourth-order valence-corrected chi connectivity index (χ4v) is 2.47. The number of amides is 1. The summed E-state index contributed by atoms with van der Waals surface area (Å²) in [6.45, 7) is 0. The van der Waals surface area contributed by atoms with E-state index in [1.54, 1.807) is 0 Å². The summed E-state index contributed by atoms with van der Waals surface area (Å²) in [5.74, 6) is -2.41. The van der Waals surface area contributed by atoms with Crippen LogP contribution in [0.1, 0.15) is 11.1 Å². The van der Waals surface area contributed by atoms with Crippen molar-refractivity contribution in [1.29, 1.82) is 0 Å². The van der Waals surface area contributed by atoms with E-state index in [1.165, 1.54) is 31.4 Å². The molecule has 4 nitrogen and oxygen atoms in total.